The molecule has 10 heteroatoms. The van der Waals surface area contributed by atoms with Crippen LogP contribution in [0, 0.1) is 0 Å². The molecule has 0 saturated carbocycles. The molecular formula is C13H12N2O8. The molecular weight excluding hydrogens is 312 g/mol. The van der Waals surface area contributed by atoms with Crippen molar-refractivity contribution in [3.8, 4) is 0 Å². The lowest BCUT2D eigenvalue weighted by Gasteiger charge is -2.38. The first-order valence-corrected chi connectivity index (χ1v) is 6.19. The number of carbonyl (C=O) groups is 4. The van der Waals surface area contributed by atoms with Crippen molar-refractivity contribution < 1.29 is 39.6 Å². The van der Waals surface area contributed by atoms with Crippen LogP contribution in [0.2, 0.25) is 0 Å². The number of imide groups is 1. The zero-order valence-corrected chi connectivity index (χ0v) is 11.4. The molecule has 0 fully saturated rings. The van der Waals surface area contributed by atoms with Crippen molar-refractivity contribution in [2.75, 3.05) is 0 Å². The second-order valence-electron chi connectivity index (χ2n) is 4.87. The van der Waals surface area contributed by atoms with Crippen LogP contribution in [-0.4, -0.2) is 66.9 Å². The van der Waals surface area contributed by atoms with E-state index in [-0.39, 0.29) is 22.3 Å². The number of nitrogens with two attached hydrogens (primary N) is 1. The molecule has 1 aliphatic rings. The van der Waals surface area contributed by atoms with Crippen LogP contribution >= 0.6 is 0 Å². The van der Waals surface area contributed by atoms with Crippen molar-refractivity contribution in [1.82, 2.24) is 4.90 Å². The number of amides is 3. The number of benzene rings is 1. The fourth-order valence-electron chi connectivity index (χ4n) is 2.18. The first kappa shape index (κ1) is 16.7. The van der Waals surface area contributed by atoms with E-state index in [1.165, 1.54) is 24.3 Å². The molecule has 1 aliphatic heterocycles. The molecule has 3 amide bonds. The Kier molecular flexibility index (Phi) is 3.78. The maximum absolute atomic E-state index is 12.2. The van der Waals surface area contributed by atoms with Gasteiger partial charge in [-0.15, -0.1) is 0 Å². The number of primary amides is 1. The lowest BCUT2D eigenvalue weighted by atomic mass is 9.96. The van der Waals surface area contributed by atoms with Crippen molar-refractivity contribution >= 4 is 24.0 Å². The maximum atomic E-state index is 12.2. The van der Waals surface area contributed by atoms with Gasteiger partial charge in [-0.1, -0.05) is 12.1 Å². The van der Waals surface area contributed by atoms with Gasteiger partial charge in [-0.2, -0.15) is 0 Å². The Hall–Kier alpha value is -2.66. The van der Waals surface area contributed by atoms with Gasteiger partial charge in [0.05, 0.1) is 11.1 Å². The predicted octanol–water partition coefficient (Wildman–Crippen LogP) is -3.30. The molecule has 0 saturated heterocycles. The van der Waals surface area contributed by atoms with E-state index in [1.54, 1.807) is 0 Å². The smallest absolute Gasteiger partial charge is 0.302 e. The lowest BCUT2D eigenvalue weighted by Crippen LogP contribution is -2.71. The highest BCUT2D eigenvalue weighted by Gasteiger charge is 2.61. The third kappa shape index (κ3) is 2.21. The third-order valence-corrected chi connectivity index (χ3v) is 3.50. The van der Waals surface area contributed by atoms with E-state index < -0.39 is 35.3 Å². The second kappa shape index (κ2) is 5.21. The molecule has 1 aromatic rings. The van der Waals surface area contributed by atoms with Gasteiger partial charge < -0.3 is 31.0 Å². The van der Waals surface area contributed by atoms with E-state index in [1.807, 2.05) is 0 Å². The second-order valence-corrected chi connectivity index (χ2v) is 4.87. The summed E-state index contributed by atoms with van der Waals surface area (Å²) >= 11 is 0. The molecule has 6 N–H and O–H groups in total. The lowest BCUT2D eigenvalue weighted by molar-refractivity contribution is -0.345. The Morgan fingerprint density at radius 2 is 1.52 bits per heavy atom. The summed E-state index contributed by atoms with van der Waals surface area (Å²) < 4.78 is 0. The number of hydrogen-bond donors (Lipinski definition) is 5. The van der Waals surface area contributed by atoms with Crippen LogP contribution in [0.1, 0.15) is 20.7 Å². The Morgan fingerprint density at radius 1 is 1.09 bits per heavy atom. The van der Waals surface area contributed by atoms with Gasteiger partial charge in [0, 0.05) is 0 Å². The molecule has 0 aliphatic carbocycles. The number of fused-ring (bicyclic) bond motifs is 1. The largest absolute Gasteiger partial charge is 0.365 e. The van der Waals surface area contributed by atoms with E-state index in [9.17, 15) is 39.6 Å². The van der Waals surface area contributed by atoms with Gasteiger partial charge in [0.15, 0.2) is 6.04 Å². The molecule has 0 bridgehead atoms. The minimum Gasteiger partial charge on any atom is -0.365 e. The quantitative estimate of drug-likeness (QED) is 0.212. The van der Waals surface area contributed by atoms with Crippen LogP contribution in [0.15, 0.2) is 24.3 Å². The van der Waals surface area contributed by atoms with Crippen LogP contribution in [-0.2, 0) is 9.59 Å². The Morgan fingerprint density at radius 3 is 1.87 bits per heavy atom. The molecule has 0 radical (unpaired) electrons. The standard InChI is InChI=1S/C13H12N2O8/c14-11(19)13(22,23)12(20,21)8(5-16)15-9(17)6-3-1-2-4-7(6)10(15)18/h1-5,8,20-23H,(H2,14,19). The monoisotopic (exact) mass is 324 g/mol. The highest BCUT2D eigenvalue weighted by Crippen LogP contribution is 2.30. The minimum absolute atomic E-state index is 0.113. The summed E-state index contributed by atoms with van der Waals surface area (Å²) in [7, 11) is 0. The Bertz CT molecular complexity index is 677. The molecule has 1 aromatic carbocycles. The average Bonchev–Trinajstić information content (AvgIpc) is 2.73. The van der Waals surface area contributed by atoms with Crippen LogP contribution in [0.25, 0.3) is 0 Å². The molecule has 1 unspecified atom stereocenters. The van der Waals surface area contributed by atoms with Gasteiger partial charge in [0.2, 0.25) is 0 Å². The van der Waals surface area contributed by atoms with Gasteiger partial charge in [-0.3, -0.25) is 19.3 Å². The average molecular weight is 324 g/mol. The zero-order valence-electron chi connectivity index (χ0n) is 11.4. The molecule has 122 valence electrons. The number of hydrogen-bond acceptors (Lipinski definition) is 8. The van der Waals surface area contributed by atoms with Crippen LogP contribution in [0.5, 0.6) is 0 Å². The molecule has 2 rings (SSSR count). The molecule has 10 nitrogen and oxygen atoms in total. The SMILES string of the molecule is NC(=O)C(O)(O)C(O)(O)C(C=O)N1C(=O)c2ccccc2C1=O. The summed E-state index contributed by atoms with van der Waals surface area (Å²) in [6.07, 6.45) is -0.286. The fourth-order valence-corrected chi connectivity index (χ4v) is 2.18. The maximum Gasteiger partial charge on any atom is 0.302 e. The Labute approximate surface area is 128 Å². The van der Waals surface area contributed by atoms with Crippen molar-refractivity contribution in [1.29, 1.82) is 0 Å². The number of rotatable bonds is 5. The molecule has 23 heavy (non-hydrogen) atoms. The number of aliphatic hydroxyl groups is 4. The highest BCUT2D eigenvalue weighted by atomic mass is 16.6. The van der Waals surface area contributed by atoms with E-state index in [4.69, 9.17) is 0 Å². The normalized spacial score (nSPS) is 16.3. The van der Waals surface area contributed by atoms with Crippen molar-refractivity contribution in [2.45, 2.75) is 17.6 Å². The highest BCUT2D eigenvalue weighted by molar-refractivity contribution is 6.22. The summed E-state index contributed by atoms with van der Waals surface area (Å²) in [6.45, 7) is 0. The summed E-state index contributed by atoms with van der Waals surface area (Å²) in [5.74, 6) is -12.1. The van der Waals surface area contributed by atoms with Gasteiger partial charge in [-0.05, 0) is 12.1 Å². The predicted molar refractivity (Wildman–Crippen MR) is 70.3 cm³/mol. The van der Waals surface area contributed by atoms with Crippen LogP contribution in [0.4, 0.5) is 0 Å². The third-order valence-electron chi connectivity index (χ3n) is 3.50. The topological polar surface area (TPSA) is 178 Å². The summed E-state index contributed by atoms with van der Waals surface area (Å²) in [5.41, 5.74) is 4.39. The van der Waals surface area contributed by atoms with E-state index in [0.717, 1.165) is 0 Å². The number of aldehydes is 1. The summed E-state index contributed by atoms with van der Waals surface area (Å²) in [6, 6.07) is 2.89. The van der Waals surface area contributed by atoms with E-state index in [2.05, 4.69) is 5.73 Å². The zero-order chi connectivity index (χ0) is 17.6. The van der Waals surface area contributed by atoms with Gasteiger partial charge >= 0.3 is 5.79 Å². The van der Waals surface area contributed by atoms with Crippen molar-refractivity contribution in [2.24, 2.45) is 5.73 Å². The number of carbonyl (C=O) groups excluding carboxylic acids is 4. The summed E-state index contributed by atoms with van der Waals surface area (Å²) in [4.78, 5) is 46.7. The Balaban J connectivity index is 2.52. The fraction of sp³-hybridized carbons (Fsp3) is 0.231. The first-order chi connectivity index (χ1) is 10.6. The van der Waals surface area contributed by atoms with Crippen LogP contribution < -0.4 is 5.73 Å². The molecule has 1 atom stereocenters. The van der Waals surface area contributed by atoms with Crippen molar-refractivity contribution in [3.05, 3.63) is 35.4 Å². The van der Waals surface area contributed by atoms with Gasteiger partial charge in [0.25, 0.3) is 23.5 Å². The molecule has 0 spiro atoms. The van der Waals surface area contributed by atoms with E-state index >= 15 is 0 Å². The van der Waals surface area contributed by atoms with Gasteiger partial charge in [-0.25, -0.2) is 0 Å². The molecule has 1 heterocycles. The molecule has 0 aromatic heterocycles. The minimum atomic E-state index is -3.99. The van der Waals surface area contributed by atoms with E-state index in [0.29, 0.717) is 0 Å². The summed E-state index contributed by atoms with van der Waals surface area (Å²) in [5, 5.41) is 38.5. The number of nitrogens with zero attached hydrogens (tertiary/aromatic N) is 1. The van der Waals surface area contributed by atoms with Crippen molar-refractivity contribution in [3.63, 3.8) is 0 Å². The van der Waals surface area contributed by atoms with Gasteiger partial charge in [0.1, 0.15) is 6.29 Å². The first-order valence-electron chi connectivity index (χ1n) is 6.19. The van der Waals surface area contributed by atoms with Crippen LogP contribution in [0.3, 0.4) is 0 Å².